The van der Waals surface area contributed by atoms with Crippen molar-refractivity contribution in [2.24, 2.45) is 0 Å². The summed E-state index contributed by atoms with van der Waals surface area (Å²) < 4.78 is 4.59. The lowest BCUT2D eigenvalue weighted by Gasteiger charge is -2.09. The first kappa shape index (κ1) is 13.3. The molecule has 4 nitrogen and oxygen atoms in total. The molecule has 0 saturated carbocycles. The third-order valence-electron chi connectivity index (χ3n) is 1.79. The van der Waals surface area contributed by atoms with Crippen LogP contribution in [0.15, 0.2) is 11.1 Å². The molecule has 0 aromatic carbocycles. The van der Waals surface area contributed by atoms with E-state index in [-0.39, 0.29) is 11.2 Å². The molecule has 0 radical (unpaired) electrons. The molecule has 0 saturated heterocycles. The van der Waals surface area contributed by atoms with Gasteiger partial charge in [-0.05, 0) is 6.92 Å². The molecule has 1 heterocycles. The lowest BCUT2D eigenvalue weighted by Crippen LogP contribution is -2.08. The molecule has 0 amide bonds. The Kier molecular flexibility index (Phi) is 5.02. The molecule has 1 rings (SSSR count). The fraction of sp³-hybridized carbons (Fsp3) is 0.500. The predicted molar refractivity (Wildman–Crippen MR) is 63.7 cm³/mol. The van der Waals surface area contributed by atoms with Gasteiger partial charge in [-0.1, -0.05) is 18.5 Å². The van der Waals surface area contributed by atoms with Crippen LogP contribution in [0, 0.1) is 6.92 Å². The molecule has 0 fully saturated rings. The van der Waals surface area contributed by atoms with Gasteiger partial charge < -0.3 is 4.74 Å². The second-order valence-corrected chi connectivity index (χ2v) is 5.13. The van der Waals surface area contributed by atoms with Crippen LogP contribution in [-0.4, -0.2) is 28.3 Å². The molecule has 0 bridgehead atoms. The minimum Gasteiger partial charge on any atom is -0.469 e. The van der Waals surface area contributed by atoms with E-state index in [1.165, 1.54) is 18.9 Å². The minimum atomic E-state index is -0.225. The van der Waals surface area contributed by atoms with E-state index in [0.29, 0.717) is 17.4 Å². The number of esters is 1. The zero-order valence-corrected chi connectivity index (χ0v) is 10.9. The number of hydrogen-bond acceptors (Lipinski definition) is 5. The van der Waals surface area contributed by atoms with Crippen molar-refractivity contribution in [2.45, 2.75) is 30.5 Å². The van der Waals surface area contributed by atoms with E-state index in [2.05, 4.69) is 14.7 Å². The normalized spacial score (nSPS) is 12.2. The second kappa shape index (κ2) is 6.06. The summed E-state index contributed by atoms with van der Waals surface area (Å²) in [6.07, 6.45) is 0.349. The van der Waals surface area contributed by atoms with Gasteiger partial charge in [0.1, 0.15) is 16.0 Å². The molecule has 1 unspecified atom stereocenters. The smallest absolute Gasteiger partial charge is 0.306 e. The molecule has 0 spiro atoms. The van der Waals surface area contributed by atoms with E-state index in [0.717, 1.165) is 5.03 Å². The largest absolute Gasteiger partial charge is 0.469 e. The summed E-state index contributed by atoms with van der Waals surface area (Å²) in [5.41, 5.74) is 0. The molecule has 0 N–H and O–H groups in total. The van der Waals surface area contributed by atoms with Gasteiger partial charge in [-0.15, -0.1) is 11.8 Å². The number of halogens is 1. The molecule has 1 aromatic heterocycles. The van der Waals surface area contributed by atoms with Gasteiger partial charge in [-0.25, -0.2) is 9.97 Å². The lowest BCUT2D eigenvalue weighted by molar-refractivity contribution is -0.140. The van der Waals surface area contributed by atoms with Crippen molar-refractivity contribution in [3.05, 3.63) is 17.0 Å². The van der Waals surface area contributed by atoms with E-state index in [1.54, 1.807) is 13.0 Å². The van der Waals surface area contributed by atoms with Crippen molar-refractivity contribution in [1.82, 2.24) is 9.97 Å². The lowest BCUT2D eigenvalue weighted by atomic mass is 10.3. The first-order valence-electron chi connectivity index (χ1n) is 4.76. The third-order valence-corrected chi connectivity index (χ3v) is 3.00. The summed E-state index contributed by atoms with van der Waals surface area (Å²) in [5, 5.41) is 1.28. The number of rotatable bonds is 4. The van der Waals surface area contributed by atoms with Crippen LogP contribution in [0.2, 0.25) is 5.15 Å². The fourth-order valence-electron chi connectivity index (χ4n) is 1.13. The van der Waals surface area contributed by atoms with Crippen LogP contribution in [0.3, 0.4) is 0 Å². The van der Waals surface area contributed by atoms with E-state index in [9.17, 15) is 4.79 Å². The molecule has 16 heavy (non-hydrogen) atoms. The highest BCUT2D eigenvalue weighted by molar-refractivity contribution is 7.99. The molecule has 6 heteroatoms. The molecule has 0 aliphatic rings. The number of ether oxygens (including phenoxy) is 1. The predicted octanol–water partition coefficient (Wildman–Crippen LogP) is 2.48. The molecule has 88 valence electrons. The molecular weight excluding hydrogens is 248 g/mol. The first-order chi connectivity index (χ1) is 7.51. The van der Waals surface area contributed by atoms with Crippen LogP contribution in [0.4, 0.5) is 0 Å². The SMILES string of the molecule is COC(=O)CC(C)Sc1cc(Cl)nc(C)n1. The summed E-state index contributed by atoms with van der Waals surface area (Å²) in [4.78, 5) is 19.2. The van der Waals surface area contributed by atoms with Gasteiger partial charge in [0.25, 0.3) is 0 Å². The Morgan fingerprint density at radius 3 is 2.88 bits per heavy atom. The summed E-state index contributed by atoms with van der Waals surface area (Å²) in [5.74, 6) is 0.400. The van der Waals surface area contributed by atoms with Crippen molar-refractivity contribution in [3.63, 3.8) is 0 Å². The van der Waals surface area contributed by atoms with Gasteiger partial charge in [0.2, 0.25) is 0 Å². The van der Waals surface area contributed by atoms with Crippen LogP contribution < -0.4 is 0 Å². The number of nitrogens with zero attached hydrogens (tertiary/aromatic N) is 2. The average Bonchev–Trinajstić information content (AvgIpc) is 2.15. The average molecular weight is 261 g/mol. The fourth-order valence-corrected chi connectivity index (χ4v) is 2.42. The van der Waals surface area contributed by atoms with E-state index < -0.39 is 0 Å². The first-order valence-corrected chi connectivity index (χ1v) is 6.01. The maximum atomic E-state index is 11.1. The number of carbonyl (C=O) groups excluding carboxylic acids is 1. The van der Waals surface area contributed by atoms with Crippen molar-refractivity contribution >= 4 is 29.3 Å². The topological polar surface area (TPSA) is 52.1 Å². The maximum absolute atomic E-state index is 11.1. The van der Waals surface area contributed by atoms with E-state index in [4.69, 9.17) is 11.6 Å². The highest BCUT2D eigenvalue weighted by atomic mass is 35.5. The van der Waals surface area contributed by atoms with Crippen molar-refractivity contribution < 1.29 is 9.53 Å². The van der Waals surface area contributed by atoms with Crippen LogP contribution >= 0.6 is 23.4 Å². The Labute approximate surface area is 104 Å². The number of aryl methyl sites for hydroxylation is 1. The van der Waals surface area contributed by atoms with Crippen LogP contribution in [0.25, 0.3) is 0 Å². The summed E-state index contributed by atoms with van der Waals surface area (Å²) in [7, 11) is 1.38. The number of thioether (sulfide) groups is 1. The highest BCUT2D eigenvalue weighted by Crippen LogP contribution is 2.25. The maximum Gasteiger partial charge on any atom is 0.306 e. The summed E-state index contributed by atoms with van der Waals surface area (Å²) in [6.45, 7) is 3.72. The van der Waals surface area contributed by atoms with E-state index in [1.807, 2.05) is 6.92 Å². The Balaban J connectivity index is 2.62. The quantitative estimate of drug-likeness (QED) is 0.473. The molecule has 0 aliphatic carbocycles. The van der Waals surface area contributed by atoms with Crippen LogP contribution in [-0.2, 0) is 9.53 Å². The zero-order chi connectivity index (χ0) is 12.1. The third kappa shape index (κ3) is 4.37. The monoisotopic (exact) mass is 260 g/mol. The highest BCUT2D eigenvalue weighted by Gasteiger charge is 2.12. The van der Waals surface area contributed by atoms with Crippen molar-refractivity contribution in [2.75, 3.05) is 7.11 Å². The van der Waals surface area contributed by atoms with Crippen LogP contribution in [0.5, 0.6) is 0 Å². The Bertz CT molecular complexity index is 367. The van der Waals surface area contributed by atoms with Gasteiger partial charge in [0.15, 0.2) is 0 Å². The zero-order valence-electron chi connectivity index (χ0n) is 9.36. The minimum absolute atomic E-state index is 0.0952. The number of aromatic nitrogens is 2. The molecule has 1 aromatic rings. The standard InChI is InChI=1S/C10H13ClN2O2S/c1-6(4-10(14)15-3)16-9-5-8(11)12-7(2)13-9/h5-6H,4H2,1-3H3. The van der Waals surface area contributed by atoms with E-state index >= 15 is 0 Å². The number of methoxy groups -OCH3 is 1. The summed E-state index contributed by atoms with van der Waals surface area (Å²) >= 11 is 7.29. The second-order valence-electron chi connectivity index (χ2n) is 3.28. The van der Waals surface area contributed by atoms with Gasteiger partial charge in [-0.2, -0.15) is 0 Å². The molecule has 1 atom stereocenters. The van der Waals surface area contributed by atoms with Crippen LogP contribution in [0.1, 0.15) is 19.2 Å². The molecule has 0 aliphatic heterocycles. The van der Waals surface area contributed by atoms with Gasteiger partial charge in [0, 0.05) is 11.3 Å². The molecular formula is C10H13ClN2O2S. The van der Waals surface area contributed by atoms with Crippen molar-refractivity contribution in [1.29, 1.82) is 0 Å². The number of hydrogen-bond donors (Lipinski definition) is 0. The Morgan fingerprint density at radius 1 is 1.62 bits per heavy atom. The Morgan fingerprint density at radius 2 is 2.31 bits per heavy atom. The van der Waals surface area contributed by atoms with Gasteiger partial charge in [-0.3, -0.25) is 4.79 Å². The van der Waals surface area contributed by atoms with Gasteiger partial charge >= 0.3 is 5.97 Å². The van der Waals surface area contributed by atoms with Gasteiger partial charge in [0.05, 0.1) is 13.5 Å². The number of carbonyl (C=O) groups is 1. The Hall–Kier alpha value is -0.810. The summed E-state index contributed by atoms with van der Waals surface area (Å²) in [6, 6.07) is 1.69. The van der Waals surface area contributed by atoms with Crippen molar-refractivity contribution in [3.8, 4) is 0 Å².